The van der Waals surface area contributed by atoms with Gasteiger partial charge in [0.15, 0.2) is 0 Å². The first-order valence-electron chi connectivity index (χ1n) is 5.85. The van der Waals surface area contributed by atoms with Crippen molar-refractivity contribution in [1.82, 2.24) is 5.43 Å². The maximum absolute atomic E-state index is 11.9. The summed E-state index contributed by atoms with van der Waals surface area (Å²) in [6, 6.07) is 17.5. The van der Waals surface area contributed by atoms with Crippen LogP contribution in [0.25, 0.3) is 0 Å². The minimum absolute atomic E-state index is 0.142. The highest BCUT2D eigenvalue weighted by Gasteiger charge is 2.17. The molecule has 0 unspecified atom stereocenters. The van der Waals surface area contributed by atoms with E-state index in [-0.39, 0.29) is 5.91 Å². The second-order valence-electron chi connectivity index (χ2n) is 4.20. The van der Waals surface area contributed by atoms with Crippen LogP contribution in [0.4, 0.5) is 0 Å². The maximum atomic E-state index is 11.9. The molecule has 1 aliphatic heterocycles. The Kier molecular flexibility index (Phi) is 2.65. The van der Waals surface area contributed by atoms with Crippen molar-refractivity contribution in [3.63, 3.8) is 0 Å². The molecule has 18 heavy (non-hydrogen) atoms. The molecule has 1 amide bonds. The second-order valence-corrected chi connectivity index (χ2v) is 4.20. The van der Waals surface area contributed by atoms with Crippen molar-refractivity contribution in [2.75, 3.05) is 0 Å². The lowest BCUT2D eigenvalue weighted by molar-refractivity contribution is 0.0955. The van der Waals surface area contributed by atoms with Gasteiger partial charge in [0.2, 0.25) is 0 Å². The largest absolute Gasteiger partial charge is 0.271 e. The van der Waals surface area contributed by atoms with Gasteiger partial charge >= 0.3 is 0 Å². The zero-order chi connectivity index (χ0) is 12.4. The Morgan fingerprint density at radius 1 is 0.944 bits per heavy atom. The van der Waals surface area contributed by atoms with Gasteiger partial charge in [0.25, 0.3) is 5.91 Å². The van der Waals surface area contributed by atoms with Gasteiger partial charge < -0.3 is 0 Å². The summed E-state index contributed by atoms with van der Waals surface area (Å²) in [5.41, 5.74) is 6.23. The molecule has 0 bridgehead atoms. The van der Waals surface area contributed by atoms with Crippen molar-refractivity contribution in [2.24, 2.45) is 5.10 Å². The predicted molar refractivity (Wildman–Crippen MR) is 70.6 cm³/mol. The van der Waals surface area contributed by atoms with Crippen LogP contribution >= 0.6 is 0 Å². The topological polar surface area (TPSA) is 41.5 Å². The number of carbonyl (C=O) groups excluding carboxylic acids is 1. The molecule has 0 spiro atoms. The normalized spacial score (nSPS) is 14.2. The van der Waals surface area contributed by atoms with Crippen LogP contribution in [-0.2, 0) is 6.42 Å². The molecule has 0 saturated carbocycles. The number of amides is 1. The Morgan fingerprint density at radius 2 is 1.67 bits per heavy atom. The molecule has 2 aromatic rings. The molecule has 1 aliphatic rings. The number of hydrogen-bond acceptors (Lipinski definition) is 2. The summed E-state index contributed by atoms with van der Waals surface area (Å²) in [5.74, 6) is -0.142. The highest BCUT2D eigenvalue weighted by molar-refractivity contribution is 6.06. The van der Waals surface area contributed by atoms with Gasteiger partial charge in [0.05, 0.1) is 5.71 Å². The summed E-state index contributed by atoms with van der Waals surface area (Å²) in [6.45, 7) is 0. The molecule has 3 nitrogen and oxygen atoms in total. The van der Waals surface area contributed by atoms with Crippen molar-refractivity contribution in [3.8, 4) is 0 Å². The van der Waals surface area contributed by atoms with Crippen molar-refractivity contribution in [3.05, 3.63) is 71.3 Å². The molecular weight excluding hydrogens is 224 g/mol. The van der Waals surface area contributed by atoms with E-state index in [2.05, 4.69) is 10.5 Å². The van der Waals surface area contributed by atoms with E-state index in [1.54, 1.807) is 0 Å². The number of nitrogens with zero attached hydrogens (tertiary/aromatic N) is 1. The number of hydrogen-bond donors (Lipinski definition) is 1. The van der Waals surface area contributed by atoms with Gasteiger partial charge in [0, 0.05) is 12.0 Å². The molecule has 2 aromatic carbocycles. The predicted octanol–water partition coefficient (Wildman–Crippen LogP) is 2.38. The molecule has 3 rings (SSSR count). The SMILES string of the molecule is O=C1NN=C(c2ccccc2)Cc2ccccc21. The third-order valence-corrected chi connectivity index (χ3v) is 3.02. The number of fused-ring (bicyclic) bond motifs is 1. The summed E-state index contributed by atoms with van der Waals surface area (Å²) >= 11 is 0. The zero-order valence-corrected chi connectivity index (χ0v) is 9.76. The van der Waals surface area contributed by atoms with E-state index in [1.165, 1.54) is 0 Å². The van der Waals surface area contributed by atoms with Gasteiger partial charge in [-0.1, -0.05) is 48.5 Å². The van der Waals surface area contributed by atoms with E-state index < -0.39 is 0 Å². The van der Waals surface area contributed by atoms with E-state index in [4.69, 9.17) is 0 Å². The van der Waals surface area contributed by atoms with Crippen LogP contribution in [-0.4, -0.2) is 11.6 Å². The maximum Gasteiger partial charge on any atom is 0.271 e. The van der Waals surface area contributed by atoms with E-state index in [1.807, 2.05) is 54.6 Å². The van der Waals surface area contributed by atoms with Crippen LogP contribution in [0.3, 0.4) is 0 Å². The van der Waals surface area contributed by atoms with Crippen molar-refractivity contribution < 1.29 is 4.79 Å². The number of rotatable bonds is 1. The molecule has 0 aromatic heterocycles. The molecule has 0 radical (unpaired) electrons. The summed E-state index contributed by atoms with van der Waals surface area (Å²) in [7, 11) is 0. The number of hydrazone groups is 1. The van der Waals surface area contributed by atoms with Crippen molar-refractivity contribution in [1.29, 1.82) is 0 Å². The minimum atomic E-state index is -0.142. The third kappa shape index (κ3) is 1.91. The first kappa shape index (κ1) is 10.7. The van der Waals surface area contributed by atoms with Crippen LogP contribution in [0.15, 0.2) is 59.7 Å². The van der Waals surface area contributed by atoms with Gasteiger partial charge in [-0.25, -0.2) is 5.43 Å². The van der Waals surface area contributed by atoms with E-state index in [9.17, 15) is 4.79 Å². The van der Waals surface area contributed by atoms with Crippen LogP contribution in [0.2, 0.25) is 0 Å². The Hall–Kier alpha value is -2.42. The number of nitrogens with one attached hydrogen (secondary N) is 1. The van der Waals surface area contributed by atoms with Gasteiger partial charge in [-0.15, -0.1) is 0 Å². The lowest BCUT2D eigenvalue weighted by Crippen LogP contribution is -2.17. The monoisotopic (exact) mass is 236 g/mol. The summed E-state index contributed by atoms with van der Waals surface area (Å²) in [6.07, 6.45) is 0.666. The fourth-order valence-corrected chi connectivity index (χ4v) is 2.09. The first-order valence-corrected chi connectivity index (χ1v) is 5.85. The molecule has 0 fully saturated rings. The van der Waals surface area contributed by atoms with Crippen molar-refractivity contribution >= 4 is 11.6 Å². The van der Waals surface area contributed by atoms with Gasteiger partial charge in [-0.05, 0) is 17.2 Å². The van der Waals surface area contributed by atoms with E-state index >= 15 is 0 Å². The van der Waals surface area contributed by atoms with Gasteiger partial charge in [-0.2, -0.15) is 5.10 Å². The Labute approximate surface area is 105 Å². The van der Waals surface area contributed by atoms with Gasteiger partial charge in [0.1, 0.15) is 0 Å². The smallest absolute Gasteiger partial charge is 0.267 e. The lowest BCUT2D eigenvalue weighted by atomic mass is 9.98. The van der Waals surface area contributed by atoms with Crippen LogP contribution in [0.5, 0.6) is 0 Å². The molecule has 0 saturated heterocycles. The molecular formula is C15H12N2O. The average Bonchev–Trinajstić information content (AvgIpc) is 2.60. The minimum Gasteiger partial charge on any atom is -0.267 e. The molecule has 0 aliphatic carbocycles. The number of carbonyl (C=O) groups is 1. The molecule has 3 heteroatoms. The van der Waals surface area contributed by atoms with Gasteiger partial charge in [-0.3, -0.25) is 4.79 Å². The highest BCUT2D eigenvalue weighted by atomic mass is 16.2. The van der Waals surface area contributed by atoms with E-state index in [0.29, 0.717) is 12.0 Å². The Balaban J connectivity index is 2.04. The Bertz CT molecular complexity index is 617. The fourth-order valence-electron chi connectivity index (χ4n) is 2.09. The van der Waals surface area contributed by atoms with Crippen molar-refractivity contribution in [2.45, 2.75) is 6.42 Å². The third-order valence-electron chi connectivity index (χ3n) is 3.02. The lowest BCUT2D eigenvalue weighted by Gasteiger charge is -2.04. The Morgan fingerprint density at radius 3 is 2.50 bits per heavy atom. The quantitative estimate of drug-likeness (QED) is 0.811. The fraction of sp³-hybridized carbons (Fsp3) is 0.0667. The van der Waals surface area contributed by atoms with E-state index in [0.717, 1.165) is 16.8 Å². The summed E-state index contributed by atoms with van der Waals surface area (Å²) < 4.78 is 0. The summed E-state index contributed by atoms with van der Waals surface area (Å²) in [4.78, 5) is 11.9. The summed E-state index contributed by atoms with van der Waals surface area (Å²) in [5, 5.41) is 4.21. The second kappa shape index (κ2) is 4.45. The number of benzene rings is 2. The average molecular weight is 236 g/mol. The standard InChI is InChI=1S/C15H12N2O/c18-15-13-9-5-4-8-12(13)10-14(16-17-15)11-6-2-1-3-7-11/h1-9H,10H2,(H,17,18). The van der Waals surface area contributed by atoms with Crippen LogP contribution in [0, 0.1) is 0 Å². The zero-order valence-electron chi connectivity index (χ0n) is 9.76. The molecule has 0 atom stereocenters. The molecule has 1 N–H and O–H groups in total. The van der Waals surface area contributed by atoms with Crippen LogP contribution < -0.4 is 5.43 Å². The molecule has 1 heterocycles. The highest BCUT2D eigenvalue weighted by Crippen LogP contribution is 2.15. The first-order chi connectivity index (χ1) is 8.84. The van der Waals surface area contributed by atoms with Crippen LogP contribution in [0.1, 0.15) is 21.5 Å². The molecule has 88 valence electrons.